The van der Waals surface area contributed by atoms with Crippen molar-refractivity contribution in [2.45, 2.75) is 77.4 Å². The molecule has 1 saturated heterocycles. The van der Waals surface area contributed by atoms with Crippen LogP contribution >= 0.6 is 11.8 Å². The summed E-state index contributed by atoms with van der Waals surface area (Å²) in [4.78, 5) is 6.80. The fourth-order valence-electron chi connectivity index (χ4n) is 4.40. The molecule has 6 heteroatoms. The Kier molecular flexibility index (Phi) is 9.61. The second-order valence-corrected chi connectivity index (χ2v) is 8.96. The minimum Gasteiger partial charge on any atom is -0.300 e. The average molecular weight is 417 g/mol. The van der Waals surface area contributed by atoms with E-state index in [4.69, 9.17) is 0 Å². The van der Waals surface area contributed by atoms with E-state index in [1.165, 1.54) is 43.5 Å². The Hall–Kier alpha value is -0.750. The van der Waals surface area contributed by atoms with Crippen molar-refractivity contribution in [1.29, 1.82) is 0 Å². The number of hydrogen-bond acceptors (Lipinski definition) is 3. The van der Waals surface area contributed by atoms with Crippen molar-refractivity contribution in [2.24, 2.45) is 5.92 Å². The standard InChI is InChI=1S/C20H29F3N2S.C2H6/c1-2-26-14-15-4-3-11-25(13-15)18-8-5-16(6-9-18)19-10-7-17(12-24-19)20(21,22)23;1-2/h7,10,12,15-16,18H,2-6,8-9,11,13-14H2,1H3;1-2H3. The number of halogens is 3. The number of piperidine rings is 1. The summed E-state index contributed by atoms with van der Waals surface area (Å²) in [6.45, 7) is 8.66. The first kappa shape index (κ1) is 23.5. The second kappa shape index (κ2) is 11.4. The van der Waals surface area contributed by atoms with Crippen molar-refractivity contribution >= 4 is 11.8 Å². The van der Waals surface area contributed by atoms with E-state index < -0.39 is 11.7 Å². The summed E-state index contributed by atoms with van der Waals surface area (Å²) in [5.41, 5.74) is 0.173. The van der Waals surface area contributed by atoms with E-state index in [2.05, 4.69) is 16.8 Å². The molecule has 0 amide bonds. The summed E-state index contributed by atoms with van der Waals surface area (Å²) in [6, 6.07) is 3.40. The van der Waals surface area contributed by atoms with Gasteiger partial charge in [0.05, 0.1) is 5.56 Å². The minimum atomic E-state index is -4.30. The molecule has 2 heterocycles. The molecule has 1 aromatic heterocycles. The molecule has 1 aliphatic heterocycles. The van der Waals surface area contributed by atoms with Crippen LogP contribution in [0.25, 0.3) is 0 Å². The number of pyridine rings is 1. The summed E-state index contributed by atoms with van der Waals surface area (Å²) in [5.74, 6) is 3.60. The molecule has 1 aromatic rings. The van der Waals surface area contributed by atoms with Gasteiger partial charge in [-0.1, -0.05) is 20.8 Å². The van der Waals surface area contributed by atoms with Crippen LogP contribution < -0.4 is 0 Å². The quantitative estimate of drug-likeness (QED) is 0.537. The fraction of sp³-hybridized carbons (Fsp3) is 0.773. The molecular formula is C22H35F3N2S. The van der Waals surface area contributed by atoms with Crippen LogP contribution in [0.15, 0.2) is 18.3 Å². The van der Waals surface area contributed by atoms with E-state index in [9.17, 15) is 13.2 Å². The highest BCUT2D eigenvalue weighted by atomic mass is 32.2. The number of thioether (sulfide) groups is 1. The molecule has 0 bridgehead atoms. The smallest absolute Gasteiger partial charge is 0.300 e. The van der Waals surface area contributed by atoms with Gasteiger partial charge < -0.3 is 4.90 Å². The maximum atomic E-state index is 12.7. The molecule has 0 N–H and O–H groups in total. The maximum absolute atomic E-state index is 12.7. The highest BCUT2D eigenvalue weighted by Crippen LogP contribution is 2.36. The number of alkyl halides is 3. The lowest BCUT2D eigenvalue weighted by Gasteiger charge is -2.41. The SMILES string of the molecule is CC.CCSCC1CCCN(C2CCC(c3ccc(C(F)(F)F)cn3)CC2)C1. The first-order valence-electron chi connectivity index (χ1n) is 10.8. The molecule has 1 atom stereocenters. The molecule has 160 valence electrons. The molecule has 2 nitrogen and oxygen atoms in total. The van der Waals surface area contributed by atoms with Gasteiger partial charge in [-0.25, -0.2) is 0 Å². The van der Waals surface area contributed by atoms with Gasteiger partial charge in [-0.05, 0) is 74.6 Å². The Morgan fingerprint density at radius 1 is 1.11 bits per heavy atom. The Balaban J connectivity index is 0.00000136. The molecule has 2 aliphatic rings. The molecule has 3 rings (SSSR count). The van der Waals surface area contributed by atoms with E-state index in [0.717, 1.165) is 43.5 Å². The van der Waals surface area contributed by atoms with Gasteiger partial charge >= 0.3 is 6.18 Å². The van der Waals surface area contributed by atoms with Crippen LogP contribution in [0.5, 0.6) is 0 Å². The molecule has 1 unspecified atom stereocenters. The third kappa shape index (κ3) is 6.65. The molecule has 0 spiro atoms. The number of aromatic nitrogens is 1. The summed E-state index contributed by atoms with van der Waals surface area (Å²) in [6.07, 6.45) is 3.69. The zero-order valence-corrected chi connectivity index (χ0v) is 18.3. The lowest BCUT2D eigenvalue weighted by molar-refractivity contribution is -0.137. The largest absolute Gasteiger partial charge is 0.417 e. The monoisotopic (exact) mass is 416 g/mol. The van der Waals surface area contributed by atoms with Crippen molar-refractivity contribution in [3.05, 3.63) is 29.6 Å². The van der Waals surface area contributed by atoms with Gasteiger partial charge in [0, 0.05) is 30.4 Å². The van der Waals surface area contributed by atoms with Gasteiger partial charge in [-0.15, -0.1) is 0 Å². The van der Waals surface area contributed by atoms with Gasteiger partial charge in [0.15, 0.2) is 0 Å². The van der Waals surface area contributed by atoms with Crippen LogP contribution in [0, 0.1) is 5.92 Å². The highest BCUT2D eigenvalue weighted by molar-refractivity contribution is 7.99. The molecule has 28 heavy (non-hydrogen) atoms. The maximum Gasteiger partial charge on any atom is 0.417 e. The topological polar surface area (TPSA) is 16.1 Å². The van der Waals surface area contributed by atoms with E-state index in [-0.39, 0.29) is 0 Å². The molecule has 0 aromatic carbocycles. The number of rotatable bonds is 5. The van der Waals surface area contributed by atoms with Crippen LogP contribution in [0.2, 0.25) is 0 Å². The predicted octanol–water partition coefficient (Wildman–Crippen LogP) is 6.62. The lowest BCUT2D eigenvalue weighted by Crippen LogP contribution is -2.44. The Bertz CT molecular complexity index is 554. The van der Waals surface area contributed by atoms with E-state index in [1.807, 2.05) is 25.6 Å². The molecule has 2 fully saturated rings. The number of likely N-dealkylation sites (tertiary alicyclic amines) is 1. The van der Waals surface area contributed by atoms with E-state index in [0.29, 0.717) is 12.0 Å². The zero-order chi connectivity index (χ0) is 20.6. The molecule has 1 saturated carbocycles. The Morgan fingerprint density at radius 2 is 1.82 bits per heavy atom. The molecule has 0 radical (unpaired) electrons. The van der Waals surface area contributed by atoms with Crippen molar-refractivity contribution in [3.8, 4) is 0 Å². The van der Waals surface area contributed by atoms with Crippen molar-refractivity contribution < 1.29 is 13.2 Å². The summed E-state index contributed by atoms with van der Waals surface area (Å²) >= 11 is 2.05. The average Bonchev–Trinajstić information content (AvgIpc) is 2.73. The second-order valence-electron chi connectivity index (χ2n) is 7.64. The summed E-state index contributed by atoms with van der Waals surface area (Å²) < 4.78 is 38.0. The first-order valence-corrected chi connectivity index (χ1v) is 12.0. The Labute approximate surface area is 172 Å². The zero-order valence-electron chi connectivity index (χ0n) is 17.5. The van der Waals surface area contributed by atoms with Gasteiger partial charge in [0.25, 0.3) is 0 Å². The van der Waals surface area contributed by atoms with Crippen molar-refractivity contribution in [1.82, 2.24) is 9.88 Å². The summed E-state index contributed by atoms with van der Waals surface area (Å²) in [5, 5.41) is 0. The van der Waals surface area contributed by atoms with Crippen LogP contribution in [0.1, 0.15) is 76.5 Å². The lowest BCUT2D eigenvalue weighted by atomic mass is 9.82. The third-order valence-electron chi connectivity index (χ3n) is 5.85. The normalized spacial score (nSPS) is 26.4. The first-order chi connectivity index (χ1) is 13.5. The molecular weight excluding hydrogens is 381 g/mol. The molecule has 1 aliphatic carbocycles. The highest BCUT2D eigenvalue weighted by Gasteiger charge is 2.32. The van der Waals surface area contributed by atoms with Gasteiger partial charge in [-0.2, -0.15) is 24.9 Å². The van der Waals surface area contributed by atoms with Gasteiger partial charge in [0.1, 0.15) is 0 Å². The van der Waals surface area contributed by atoms with Crippen molar-refractivity contribution in [2.75, 3.05) is 24.6 Å². The van der Waals surface area contributed by atoms with Crippen LogP contribution in [-0.4, -0.2) is 40.5 Å². The number of nitrogens with zero attached hydrogens (tertiary/aromatic N) is 2. The summed E-state index contributed by atoms with van der Waals surface area (Å²) in [7, 11) is 0. The van der Waals surface area contributed by atoms with Crippen LogP contribution in [-0.2, 0) is 6.18 Å². The predicted molar refractivity (Wildman–Crippen MR) is 113 cm³/mol. The van der Waals surface area contributed by atoms with E-state index in [1.54, 1.807) is 6.07 Å². The van der Waals surface area contributed by atoms with Gasteiger partial charge in [-0.3, -0.25) is 4.98 Å². The number of hydrogen-bond donors (Lipinski definition) is 0. The van der Waals surface area contributed by atoms with Crippen LogP contribution in [0.3, 0.4) is 0 Å². The van der Waals surface area contributed by atoms with Gasteiger partial charge in [0.2, 0.25) is 0 Å². The van der Waals surface area contributed by atoms with Crippen molar-refractivity contribution in [3.63, 3.8) is 0 Å². The third-order valence-corrected chi connectivity index (χ3v) is 6.97. The Morgan fingerprint density at radius 3 is 2.39 bits per heavy atom. The fourth-order valence-corrected chi connectivity index (χ4v) is 5.24. The van der Waals surface area contributed by atoms with Crippen LogP contribution in [0.4, 0.5) is 13.2 Å². The van der Waals surface area contributed by atoms with E-state index >= 15 is 0 Å². The minimum absolute atomic E-state index is 0.310.